The van der Waals surface area contributed by atoms with Crippen LogP contribution >= 0.6 is 11.3 Å². The van der Waals surface area contributed by atoms with Crippen LogP contribution in [0.1, 0.15) is 21.6 Å². The van der Waals surface area contributed by atoms with Crippen LogP contribution in [0.4, 0.5) is 5.13 Å². The van der Waals surface area contributed by atoms with Crippen molar-refractivity contribution in [2.45, 2.75) is 13.8 Å². The standard InChI is InChI=1S/C13H14N2O2S/c1-8-6-10(4-5-11(8)17-3)12(16)15-13-14-9(2)7-18-13/h4-7H,1-3H3,(H,14,15,16). The smallest absolute Gasteiger partial charge is 0.257 e. The molecule has 1 aromatic heterocycles. The number of hydrogen-bond donors (Lipinski definition) is 1. The Labute approximate surface area is 110 Å². The average molecular weight is 262 g/mol. The van der Waals surface area contributed by atoms with Crippen LogP contribution in [-0.4, -0.2) is 18.0 Å². The van der Waals surface area contributed by atoms with E-state index in [2.05, 4.69) is 10.3 Å². The highest BCUT2D eigenvalue weighted by atomic mass is 32.1. The van der Waals surface area contributed by atoms with E-state index >= 15 is 0 Å². The minimum Gasteiger partial charge on any atom is -0.496 e. The lowest BCUT2D eigenvalue weighted by Crippen LogP contribution is -2.12. The van der Waals surface area contributed by atoms with Crippen molar-refractivity contribution in [3.8, 4) is 5.75 Å². The number of nitrogens with zero attached hydrogens (tertiary/aromatic N) is 1. The van der Waals surface area contributed by atoms with Gasteiger partial charge in [-0.05, 0) is 37.6 Å². The molecule has 2 rings (SSSR count). The molecule has 0 aliphatic heterocycles. The van der Waals surface area contributed by atoms with E-state index in [-0.39, 0.29) is 5.91 Å². The third-order valence-corrected chi connectivity index (χ3v) is 3.37. The van der Waals surface area contributed by atoms with Crippen molar-refractivity contribution in [2.75, 3.05) is 12.4 Å². The van der Waals surface area contributed by atoms with Gasteiger partial charge in [0.05, 0.1) is 12.8 Å². The topological polar surface area (TPSA) is 51.2 Å². The normalized spacial score (nSPS) is 10.2. The van der Waals surface area contributed by atoms with Crippen molar-refractivity contribution < 1.29 is 9.53 Å². The molecule has 0 aliphatic rings. The number of thiazole rings is 1. The summed E-state index contributed by atoms with van der Waals surface area (Å²) in [7, 11) is 1.61. The van der Waals surface area contributed by atoms with Gasteiger partial charge in [0.25, 0.3) is 5.91 Å². The molecule has 0 radical (unpaired) electrons. The number of rotatable bonds is 3. The molecule has 1 aromatic carbocycles. The van der Waals surface area contributed by atoms with Gasteiger partial charge < -0.3 is 4.74 Å². The SMILES string of the molecule is COc1ccc(C(=O)Nc2nc(C)cs2)cc1C. The van der Waals surface area contributed by atoms with Gasteiger partial charge in [-0.25, -0.2) is 4.98 Å². The molecular weight excluding hydrogens is 248 g/mol. The number of hydrogen-bond acceptors (Lipinski definition) is 4. The lowest BCUT2D eigenvalue weighted by molar-refractivity contribution is 0.102. The molecule has 0 saturated carbocycles. The molecule has 0 unspecified atom stereocenters. The Kier molecular flexibility index (Phi) is 3.62. The first-order valence-corrected chi connectivity index (χ1v) is 6.36. The van der Waals surface area contributed by atoms with Crippen molar-refractivity contribution in [1.82, 2.24) is 4.98 Å². The Morgan fingerprint density at radius 1 is 1.39 bits per heavy atom. The first-order valence-electron chi connectivity index (χ1n) is 5.48. The molecule has 94 valence electrons. The van der Waals surface area contributed by atoms with Crippen molar-refractivity contribution >= 4 is 22.4 Å². The van der Waals surface area contributed by atoms with Crippen molar-refractivity contribution in [2.24, 2.45) is 0 Å². The van der Waals surface area contributed by atoms with Crippen LogP contribution in [0.15, 0.2) is 23.6 Å². The highest BCUT2D eigenvalue weighted by Crippen LogP contribution is 2.20. The Morgan fingerprint density at radius 3 is 2.72 bits per heavy atom. The van der Waals surface area contributed by atoms with Crippen LogP contribution < -0.4 is 10.1 Å². The fraction of sp³-hybridized carbons (Fsp3) is 0.231. The maximum atomic E-state index is 12.0. The Morgan fingerprint density at radius 2 is 2.17 bits per heavy atom. The number of carbonyl (C=O) groups is 1. The van der Waals surface area contributed by atoms with E-state index in [0.29, 0.717) is 10.7 Å². The second-order valence-corrected chi connectivity index (χ2v) is 4.79. The van der Waals surface area contributed by atoms with Gasteiger partial charge in [0.15, 0.2) is 5.13 Å². The van der Waals surface area contributed by atoms with E-state index in [1.807, 2.05) is 19.2 Å². The van der Waals surface area contributed by atoms with Gasteiger partial charge in [-0.2, -0.15) is 0 Å². The zero-order valence-electron chi connectivity index (χ0n) is 10.5. The zero-order valence-corrected chi connectivity index (χ0v) is 11.3. The maximum absolute atomic E-state index is 12.0. The molecule has 2 aromatic rings. The van der Waals surface area contributed by atoms with Gasteiger partial charge in [-0.3, -0.25) is 10.1 Å². The molecule has 18 heavy (non-hydrogen) atoms. The van der Waals surface area contributed by atoms with E-state index in [1.165, 1.54) is 11.3 Å². The van der Waals surface area contributed by atoms with Crippen LogP contribution in [0.5, 0.6) is 5.75 Å². The lowest BCUT2D eigenvalue weighted by Gasteiger charge is -2.06. The monoisotopic (exact) mass is 262 g/mol. The Hall–Kier alpha value is -1.88. The molecule has 0 saturated heterocycles. The Balaban J connectivity index is 2.16. The number of methoxy groups -OCH3 is 1. The third kappa shape index (κ3) is 2.68. The van der Waals surface area contributed by atoms with E-state index in [4.69, 9.17) is 4.74 Å². The van der Waals surface area contributed by atoms with Crippen LogP contribution in [0.2, 0.25) is 0 Å². The van der Waals surface area contributed by atoms with Gasteiger partial charge in [0.2, 0.25) is 0 Å². The average Bonchev–Trinajstić information content (AvgIpc) is 2.74. The fourth-order valence-electron chi connectivity index (χ4n) is 1.60. The maximum Gasteiger partial charge on any atom is 0.257 e. The summed E-state index contributed by atoms with van der Waals surface area (Å²) in [4.78, 5) is 16.2. The number of amides is 1. The molecule has 0 spiro atoms. The van der Waals surface area contributed by atoms with Crippen molar-refractivity contribution in [3.63, 3.8) is 0 Å². The molecular formula is C13H14N2O2S. The molecule has 4 nitrogen and oxygen atoms in total. The first kappa shape index (κ1) is 12.6. The van der Waals surface area contributed by atoms with Crippen molar-refractivity contribution in [1.29, 1.82) is 0 Å². The molecule has 5 heteroatoms. The molecule has 0 aliphatic carbocycles. The largest absolute Gasteiger partial charge is 0.496 e. The number of aromatic nitrogens is 1. The zero-order chi connectivity index (χ0) is 13.1. The summed E-state index contributed by atoms with van der Waals surface area (Å²) in [6.07, 6.45) is 0. The number of aryl methyl sites for hydroxylation is 2. The lowest BCUT2D eigenvalue weighted by atomic mass is 10.1. The van der Waals surface area contributed by atoms with Crippen LogP contribution in [0.3, 0.4) is 0 Å². The molecule has 0 bridgehead atoms. The van der Waals surface area contributed by atoms with Gasteiger partial charge in [-0.15, -0.1) is 11.3 Å². The van der Waals surface area contributed by atoms with Gasteiger partial charge in [-0.1, -0.05) is 0 Å². The predicted octanol–water partition coefficient (Wildman–Crippen LogP) is 3.02. The second-order valence-electron chi connectivity index (χ2n) is 3.93. The number of ether oxygens (including phenoxy) is 1. The quantitative estimate of drug-likeness (QED) is 0.925. The summed E-state index contributed by atoms with van der Waals surface area (Å²) in [5, 5.41) is 5.29. The molecule has 0 fully saturated rings. The van der Waals surface area contributed by atoms with Gasteiger partial charge >= 0.3 is 0 Å². The third-order valence-electron chi connectivity index (χ3n) is 2.50. The minimum absolute atomic E-state index is 0.157. The molecule has 1 heterocycles. The second kappa shape index (κ2) is 5.18. The number of anilines is 1. The number of benzene rings is 1. The van der Waals surface area contributed by atoms with Gasteiger partial charge in [0.1, 0.15) is 5.75 Å². The highest BCUT2D eigenvalue weighted by molar-refractivity contribution is 7.13. The van der Waals surface area contributed by atoms with Crippen LogP contribution in [-0.2, 0) is 0 Å². The highest BCUT2D eigenvalue weighted by Gasteiger charge is 2.10. The van der Waals surface area contributed by atoms with Crippen LogP contribution in [0, 0.1) is 13.8 Å². The minimum atomic E-state index is -0.157. The summed E-state index contributed by atoms with van der Waals surface area (Å²) >= 11 is 1.42. The van der Waals surface area contributed by atoms with E-state index in [0.717, 1.165) is 17.0 Å². The summed E-state index contributed by atoms with van der Waals surface area (Å²) in [6, 6.07) is 5.33. The summed E-state index contributed by atoms with van der Waals surface area (Å²) < 4.78 is 5.16. The van der Waals surface area contributed by atoms with E-state index in [9.17, 15) is 4.79 Å². The van der Waals surface area contributed by atoms with E-state index < -0.39 is 0 Å². The molecule has 1 amide bonds. The summed E-state index contributed by atoms with van der Waals surface area (Å²) in [6.45, 7) is 3.80. The predicted molar refractivity (Wildman–Crippen MR) is 72.5 cm³/mol. The molecule has 0 atom stereocenters. The number of carbonyl (C=O) groups excluding carboxylic acids is 1. The van der Waals surface area contributed by atoms with E-state index in [1.54, 1.807) is 25.3 Å². The summed E-state index contributed by atoms with van der Waals surface area (Å²) in [5.74, 6) is 0.617. The number of nitrogens with one attached hydrogen (secondary N) is 1. The van der Waals surface area contributed by atoms with Crippen LogP contribution in [0.25, 0.3) is 0 Å². The molecule has 1 N–H and O–H groups in total. The van der Waals surface area contributed by atoms with Crippen molar-refractivity contribution in [3.05, 3.63) is 40.4 Å². The Bertz CT molecular complexity index is 578. The first-order chi connectivity index (χ1) is 8.60. The van der Waals surface area contributed by atoms with Gasteiger partial charge in [0, 0.05) is 10.9 Å². The summed E-state index contributed by atoms with van der Waals surface area (Å²) in [5.41, 5.74) is 2.43. The fourth-order valence-corrected chi connectivity index (χ4v) is 2.28.